The number of para-hydroxylation sites is 1. The van der Waals surface area contributed by atoms with Gasteiger partial charge in [0.1, 0.15) is 12.4 Å². The Kier molecular flexibility index (Phi) is 5.91. The van der Waals surface area contributed by atoms with Crippen molar-refractivity contribution < 1.29 is 9.53 Å². The molecule has 0 bridgehead atoms. The maximum Gasteiger partial charge on any atom is 0.244 e. The third kappa shape index (κ3) is 4.96. The van der Waals surface area contributed by atoms with Crippen molar-refractivity contribution in [1.82, 2.24) is 14.5 Å². The van der Waals surface area contributed by atoms with Crippen LogP contribution >= 0.6 is 0 Å². The maximum absolute atomic E-state index is 12.5. The summed E-state index contributed by atoms with van der Waals surface area (Å²) >= 11 is 0. The largest absolute Gasteiger partial charge is 0.378 e. The number of aromatic nitrogens is 3. The summed E-state index contributed by atoms with van der Waals surface area (Å²) in [6.45, 7) is 5.18. The van der Waals surface area contributed by atoms with Crippen LogP contribution in [0.5, 0.6) is 0 Å². The standard InChI is InChI=1S/C25H26N6O2/c1-18-16-23(29-25(26-18)30-12-14-33-15-13-30)27-20-6-8-21(9-7-20)28-24(32)17-31-11-10-19-4-2-3-5-22(19)31/h2-11,16H,12-15,17H2,1H3,(H,28,32)(H,26,27,29). The van der Waals surface area contributed by atoms with Crippen molar-refractivity contribution in [2.75, 3.05) is 41.8 Å². The van der Waals surface area contributed by atoms with E-state index in [4.69, 9.17) is 4.74 Å². The van der Waals surface area contributed by atoms with Crippen LogP contribution in [-0.4, -0.2) is 46.7 Å². The Morgan fingerprint density at radius 2 is 1.76 bits per heavy atom. The summed E-state index contributed by atoms with van der Waals surface area (Å²) in [5.41, 5.74) is 3.57. The van der Waals surface area contributed by atoms with E-state index in [2.05, 4.69) is 25.5 Å². The maximum atomic E-state index is 12.5. The Hall–Kier alpha value is -3.91. The first-order chi connectivity index (χ1) is 16.1. The molecule has 1 saturated heterocycles. The molecular formula is C25H26N6O2. The molecule has 0 spiro atoms. The van der Waals surface area contributed by atoms with Crippen molar-refractivity contribution >= 4 is 40.0 Å². The van der Waals surface area contributed by atoms with Gasteiger partial charge in [-0.1, -0.05) is 18.2 Å². The molecule has 2 N–H and O–H groups in total. The minimum atomic E-state index is -0.0707. The number of morpholine rings is 1. The highest BCUT2D eigenvalue weighted by atomic mass is 16.5. The fraction of sp³-hybridized carbons (Fsp3) is 0.240. The van der Waals surface area contributed by atoms with Crippen LogP contribution in [0.25, 0.3) is 10.9 Å². The van der Waals surface area contributed by atoms with Crippen LogP contribution in [0.15, 0.2) is 66.9 Å². The van der Waals surface area contributed by atoms with Gasteiger partial charge in [-0.15, -0.1) is 0 Å². The summed E-state index contributed by atoms with van der Waals surface area (Å²) < 4.78 is 7.37. The molecule has 0 unspecified atom stereocenters. The van der Waals surface area contributed by atoms with Gasteiger partial charge in [0, 0.05) is 47.9 Å². The first kappa shape index (κ1) is 21.0. The Labute approximate surface area is 192 Å². The Bertz CT molecular complexity index is 1260. The molecule has 1 aliphatic rings. The third-order valence-corrected chi connectivity index (χ3v) is 5.57. The lowest BCUT2D eigenvalue weighted by atomic mass is 10.2. The number of fused-ring (bicyclic) bond motifs is 1. The number of ether oxygens (including phenoxy) is 1. The fourth-order valence-electron chi connectivity index (χ4n) is 3.94. The number of carbonyl (C=O) groups excluding carboxylic acids is 1. The quantitative estimate of drug-likeness (QED) is 0.470. The van der Waals surface area contributed by atoms with Crippen LogP contribution in [-0.2, 0) is 16.1 Å². The molecule has 2 aromatic carbocycles. The van der Waals surface area contributed by atoms with Gasteiger partial charge in [0.25, 0.3) is 0 Å². The molecule has 168 valence electrons. The number of carbonyl (C=O) groups is 1. The minimum Gasteiger partial charge on any atom is -0.378 e. The summed E-state index contributed by atoms with van der Waals surface area (Å²) in [6.07, 6.45) is 1.94. The van der Waals surface area contributed by atoms with Gasteiger partial charge in [0.2, 0.25) is 11.9 Å². The number of nitrogens with one attached hydrogen (secondary N) is 2. The molecule has 0 aliphatic carbocycles. The topological polar surface area (TPSA) is 84.3 Å². The van der Waals surface area contributed by atoms with Gasteiger partial charge in [-0.2, -0.15) is 4.98 Å². The lowest BCUT2D eigenvalue weighted by Crippen LogP contribution is -2.37. The van der Waals surface area contributed by atoms with E-state index in [0.29, 0.717) is 19.2 Å². The van der Waals surface area contributed by atoms with Gasteiger partial charge in [-0.3, -0.25) is 4.79 Å². The van der Waals surface area contributed by atoms with E-state index in [1.165, 1.54) is 0 Å². The Balaban J connectivity index is 1.22. The normalized spacial score (nSPS) is 13.8. The Morgan fingerprint density at radius 1 is 1.00 bits per heavy atom. The average Bonchev–Trinajstić information content (AvgIpc) is 3.23. The number of rotatable bonds is 6. The summed E-state index contributed by atoms with van der Waals surface area (Å²) in [4.78, 5) is 23.9. The van der Waals surface area contributed by atoms with E-state index in [0.717, 1.165) is 46.9 Å². The molecule has 5 rings (SSSR count). The number of benzene rings is 2. The SMILES string of the molecule is Cc1cc(Nc2ccc(NC(=O)Cn3ccc4ccccc43)cc2)nc(N2CCOCC2)n1. The number of anilines is 4. The molecule has 4 aromatic rings. The van der Waals surface area contributed by atoms with Gasteiger partial charge in [-0.25, -0.2) is 4.98 Å². The molecule has 1 amide bonds. The highest BCUT2D eigenvalue weighted by Gasteiger charge is 2.15. The van der Waals surface area contributed by atoms with Crippen molar-refractivity contribution in [2.24, 2.45) is 0 Å². The summed E-state index contributed by atoms with van der Waals surface area (Å²) in [5, 5.41) is 7.42. The zero-order chi connectivity index (χ0) is 22.6. The second kappa shape index (κ2) is 9.30. The first-order valence-electron chi connectivity index (χ1n) is 11.0. The molecule has 0 saturated carbocycles. The van der Waals surface area contributed by atoms with Crippen LogP contribution in [0.3, 0.4) is 0 Å². The van der Waals surface area contributed by atoms with Gasteiger partial charge >= 0.3 is 0 Å². The first-order valence-corrected chi connectivity index (χ1v) is 11.0. The van der Waals surface area contributed by atoms with Crippen molar-refractivity contribution in [2.45, 2.75) is 13.5 Å². The highest BCUT2D eigenvalue weighted by molar-refractivity contribution is 5.92. The van der Waals surface area contributed by atoms with Crippen LogP contribution < -0.4 is 15.5 Å². The van der Waals surface area contributed by atoms with Crippen LogP contribution in [0, 0.1) is 6.92 Å². The zero-order valence-electron chi connectivity index (χ0n) is 18.5. The summed E-state index contributed by atoms with van der Waals surface area (Å²) in [6, 6.07) is 19.6. The lowest BCUT2D eigenvalue weighted by molar-refractivity contribution is -0.116. The van der Waals surface area contributed by atoms with Gasteiger partial charge < -0.3 is 24.8 Å². The second-order valence-electron chi connectivity index (χ2n) is 8.05. The number of amides is 1. The molecule has 1 aliphatic heterocycles. The van der Waals surface area contributed by atoms with E-state index in [9.17, 15) is 4.79 Å². The van der Waals surface area contributed by atoms with Gasteiger partial charge in [0.15, 0.2) is 0 Å². The fourth-order valence-corrected chi connectivity index (χ4v) is 3.94. The molecule has 0 radical (unpaired) electrons. The predicted octanol–water partition coefficient (Wildman–Crippen LogP) is 3.96. The number of hydrogen-bond donors (Lipinski definition) is 2. The molecule has 33 heavy (non-hydrogen) atoms. The zero-order valence-corrected chi connectivity index (χ0v) is 18.5. The predicted molar refractivity (Wildman–Crippen MR) is 130 cm³/mol. The molecule has 8 nitrogen and oxygen atoms in total. The van der Waals surface area contributed by atoms with E-state index in [-0.39, 0.29) is 12.5 Å². The monoisotopic (exact) mass is 442 g/mol. The molecule has 8 heteroatoms. The number of aryl methyl sites for hydroxylation is 1. The van der Waals surface area contributed by atoms with Crippen molar-refractivity contribution in [3.63, 3.8) is 0 Å². The average molecular weight is 443 g/mol. The van der Waals surface area contributed by atoms with Crippen molar-refractivity contribution in [3.8, 4) is 0 Å². The highest BCUT2D eigenvalue weighted by Crippen LogP contribution is 2.21. The molecule has 2 aromatic heterocycles. The molecule has 3 heterocycles. The van der Waals surface area contributed by atoms with Crippen molar-refractivity contribution in [1.29, 1.82) is 0 Å². The lowest BCUT2D eigenvalue weighted by Gasteiger charge is -2.27. The minimum absolute atomic E-state index is 0.0707. The summed E-state index contributed by atoms with van der Waals surface area (Å²) in [7, 11) is 0. The smallest absolute Gasteiger partial charge is 0.244 e. The van der Waals surface area contributed by atoms with Crippen molar-refractivity contribution in [3.05, 3.63) is 72.6 Å². The molecular weight excluding hydrogens is 416 g/mol. The molecule has 0 atom stereocenters. The van der Waals surface area contributed by atoms with E-state index in [1.54, 1.807) is 0 Å². The summed E-state index contributed by atoms with van der Waals surface area (Å²) in [5.74, 6) is 1.38. The number of hydrogen-bond acceptors (Lipinski definition) is 6. The molecule has 1 fully saturated rings. The van der Waals surface area contributed by atoms with Gasteiger partial charge in [0.05, 0.1) is 13.2 Å². The van der Waals surface area contributed by atoms with Crippen LogP contribution in [0.1, 0.15) is 5.69 Å². The van der Waals surface area contributed by atoms with E-state index in [1.807, 2.05) is 78.4 Å². The van der Waals surface area contributed by atoms with E-state index < -0.39 is 0 Å². The second-order valence-corrected chi connectivity index (χ2v) is 8.05. The third-order valence-electron chi connectivity index (χ3n) is 5.57. The Morgan fingerprint density at radius 3 is 2.58 bits per heavy atom. The van der Waals surface area contributed by atoms with Gasteiger partial charge in [-0.05, 0) is 48.7 Å². The number of nitrogens with zero attached hydrogens (tertiary/aromatic N) is 4. The van der Waals surface area contributed by atoms with E-state index >= 15 is 0 Å². The van der Waals surface area contributed by atoms with Crippen LogP contribution in [0.2, 0.25) is 0 Å². The van der Waals surface area contributed by atoms with Crippen LogP contribution in [0.4, 0.5) is 23.1 Å².